The first-order valence-electron chi connectivity index (χ1n) is 10.9. The van der Waals surface area contributed by atoms with Gasteiger partial charge in [0.1, 0.15) is 0 Å². The lowest BCUT2D eigenvalue weighted by atomic mass is 9.96. The second-order valence-corrected chi connectivity index (χ2v) is 10.6. The molecule has 8 nitrogen and oxygen atoms in total. The number of hydrogen-bond acceptors (Lipinski definition) is 6. The van der Waals surface area contributed by atoms with Crippen molar-refractivity contribution in [2.24, 2.45) is 0 Å². The predicted molar refractivity (Wildman–Crippen MR) is 124 cm³/mol. The van der Waals surface area contributed by atoms with Gasteiger partial charge in [0.05, 0.1) is 48.9 Å². The maximum atomic E-state index is 13.5. The van der Waals surface area contributed by atoms with Crippen LogP contribution in [-0.2, 0) is 24.3 Å². The minimum atomic E-state index is -3.93. The number of aliphatic hydroxyl groups excluding tert-OH is 1. The predicted octanol–water partition coefficient (Wildman–Crippen LogP) is 2.67. The minimum Gasteiger partial charge on any atom is -0.389 e. The fourth-order valence-electron chi connectivity index (χ4n) is 4.27. The van der Waals surface area contributed by atoms with E-state index >= 15 is 0 Å². The summed E-state index contributed by atoms with van der Waals surface area (Å²) in [4.78, 5) is 12.5. The van der Waals surface area contributed by atoms with Gasteiger partial charge in [-0.05, 0) is 43.2 Å². The van der Waals surface area contributed by atoms with Crippen LogP contribution in [0, 0.1) is 0 Å². The Balaban J connectivity index is 1.49. The van der Waals surface area contributed by atoms with Crippen molar-refractivity contribution in [1.82, 2.24) is 4.31 Å². The highest BCUT2D eigenvalue weighted by Crippen LogP contribution is 2.32. The maximum Gasteiger partial charge on any atom is 0.243 e. The van der Waals surface area contributed by atoms with E-state index in [1.54, 1.807) is 12.1 Å². The van der Waals surface area contributed by atoms with Crippen LogP contribution >= 0.6 is 11.6 Å². The Hall–Kier alpha value is -2.01. The standard InChI is InChI=1S/C23H27ClN2O6S/c24-16-5-4-8-20(11-16)33(29,30)26-13-18(27)14-31-15-22-21(26)10-9-19(32-22)12-23(28)25-17-6-2-1-3-7-17/h1-8,11,18-19,21-22,27H,9-10,12-15H2,(H,25,28)/t18-,19-,21+,22-/m0/s1. The Kier molecular flexibility index (Phi) is 7.68. The van der Waals surface area contributed by atoms with Crippen molar-refractivity contribution in [1.29, 1.82) is 0 Å². The Bertz CT molecular complexity index is 1070. The number of amides is 1. The maximum absolute atomic E-state index is 13.5. The highest BCUT2D eigenvalue weighted by molar-refractivity contribution is 7.89. The zero-order valence-corrected chi connectivity index (χ0v) is 19.5. The Labute approximate surface area is 198 Å². The van der Waals surface area contributed by atoms with Gasteiger partial charge >= 0.3 is 0 Å². The van der Waals surface area contributed by atoms with Gasteiger partial charge < -0.3 is 19.9 Å². The van der Waals surface area contributed by atoms with Crippen molar-refractivity contribution in [3.8, 4) is 0 Å². The number of benzene rings is 2. The molecule has 178 valence electrons. The topological polar surface area (TPSA) is 105 Å². The van der Waals surface area contributed by atoms with Gasteiger partial charge in [-0.2, -0.15) is 4.31 Å². The van der Waals surface area contributed by atoms with Gasteiger partial charge in [-0.3, -0.25) is 4.79 Å². The summed E-state index contributed by atoms with van der Waals surface area (Å²) in [5.74, 6) is -0.171. The molecule has 2 aromatic rings. The number of hydrogen-bond donors (Lipinski definition) is 2. The van der Waals surface area contributed by atoms with E-state index in [4.69, 9.17) is 21.1 Å². The molecule has 1 amide bonds. The number of nitrogens with zero attached hydrogens (tertiary/aromatic N) is 1. The van der Waals surface area contributed by atoms with Crippen molar-refractivity contribution in [2.75, 3.05) is 25.1 Å². The fraction of sp³-hybridized carbons (Fsp3) is 0.435. The lowest BCUT2D eigenvalue weighted by Crippen LogP contribution is -2.57. The number of carbonyl (C=O) groups excluding carboxylic acids is 1. The van der Waals surface area contributed by atoms with Crippen LogP contribution in [0.5, 0.6) is 0 Å². The van der Waals surface area contributed by atoms with Gasteiger partial charge in [-0.15, -0.1) is 0 Å². The number of ether oxygens (including phenoxy) is 2. The van der Waals surface area contributed by atoms with Crippen molar-refractivity contribution in [2.45, 2.75) is 48.5 Å². The molecular formula is C23H27ClN2O6S. The molecular weight excluding hydrogens is 468 g/mol. The number of β-amino-alcohol motifs (C(OH)–C–C–N with tert-alkyl or cyclic N) is 1. The highest BCUT2D eigenvalue weighted by atomic mass is 35.5. The number of aliphatic hydroxyl groups is 1. The van der Waals surface area contributed by atoms with Gasteiger partial charge in [0.15, 0.2) is 0 Å². The zero-order chi connectivity index (χ0) is 23.4. The molecule has 2 fully saturated rings. The molecule has 0 radical (unpaired) electrons. The van der Waals surface area contributed by atoms with E-state index in [1.165, 1.54) is 16.4 Å². The van der Waals surface area contributed by atoms with E-state index < -0.39 is 28.3 Å². The molecule has 10 heteroatoms. The molecule has 0 bridgehead atoms. The molecule has 4 atom stereocenters. The molecule has 33 heavy (non-hydrogen) atoms. The molecule has 0 aromatic heterocycles. The molecule has 2 aliphatic heterocycles. The SMILES string of the molecule is O=C(C[C@@H]1CC[C@@H]2[C@H](COC[C@@H](O)CN2S(=O)(=O)c2cccc(Cl)c2)O1)Nc1ccccc1. The number of rotatable bonds is 5. The molecule has 2 saturated heterocycles. The number of carbonyl (C=O) groups is 1. The van der Waals surface area contributed by atoms with Crippen LogP contribution < -0.4 is 5.32 Å². The smallest absolute Gasteiger partial charge is 0.243 e. The quantitative estimate of drug-likeness (QED) is 0.662. The van der Waals surface area contributed by atoms with Crippen LogP contribution in [0.2, 0.25) is 5.02 Å². The van der Waals surface area contributed by atoms with Crippen molar-refractivity contribution in [3.05, 3.63) is 59.6 Å². The fourth-order valence-corrected chi connectivity index (χ4v) is 6.29. The van der Waals surface area contributed by atoms with Gasteiger partial charge in [-0.1, -0.05) is 35.9 Å². The summed E-state index contributed by atoms with van der Waals surface area (Å²) in [6.45, 7) is 0.00589. The van der Waals surface area contributed by atoms with Crippen molar-refractivity contribution in [3.63, 3.8) is 0 Å². The summed E-state index contributed by atoms with van der Waals surface area (Å²) in [6.07, 6.45) is -0.755. The van der Waals surface area contributed by atoms with Crippen molar-refractivity contribution >= 4 is 33.2 Å². The van der Waals surface area contributed by atoms with E-state index in [0.29, 0.717) is 23.6 Å². The van der Waals surface area contributed by atoms with E-state index in [-0.39, 0.29) is 43.1 Å². The molecule has 2 aromatic carbocycles. The third-order valence-corrected chi connectivity index (χ3v) is 7.93. The lowest BCUT2D eigenvalue weighted by Gasteiger charge is -2.43. The molecule has 0 unspecified atom stereocenters. The van der Waals surface area contributed by atoms with Gasteiger partial charge in [0.2, 0.25) is 15.9 Å². The summed E-state index contributed by atoms with van der Waals surface area (Å²) in [5, 5.41) is 13.5. The van der Waals surface area contributed by atoms with E-state index in [0.717, 1.165) is 0 Å². The monoisotopic (exact) mass is 494 g/mol. The number of anilines is 1. The number of nitrogens with one attached hydrogen (secondary N) is 1. The van der Waals surface area contributed by atoms with Crippen LogP contribution in [0.1, 0.15) is 19.3 Å². The highest BCUT2D eigenvalue weighted by Gasteiger charge is 2.43. The number of fused-ring (bicyclic) bond motifs is 1. The van der Waals surface area contributed by atoms with Crippen LogP contribution in [-0.4, -0.2) is 67.8 Å². The molecule has 0 aliphatic carbocycles. The molecule has 2 aliphatic rings. The lowest BCUT2D eigenvalue weighted by molar-refractivity contribution is -0.144. The van der Waals surface area contributed by atoms with Crippen LogP contribution in [0.4, 0.5) is 5.69 Å². The first-order chi connectivity index (χ1) is 15.8. The average Bonchev–Trinajstić information content (AvgIpc) is 2.77. The van der Waals surface area contributed by atoms with Gasteiger partial charge in [0, 0.05) is 17.3 Å². The van der Waals surface area contributed by atoms with Crippen molar-refractivity contribution < 1.29 is 27.8 Å². The third kappa shape index (κ3) is 5.92. The Morgan fingerprint density at radius 2 is 1.91 bits per heavy atom. The zero-order valence-electron chi connectivity index (χ0n) is 18.0. The molecule has 4 rings (SSSR count). The summed E-state index contributed by atoms with van der Waals surface area (Å²) in [7, 11) is -3.93. The average molecular weight is 495 g/mol. The summed E-state index contributed by atoms with van der Waals surface area (Å²) in [6, 6.07) is 14.7. The summed E-state index contributed by atoms with van der Waals surface area (Å²) >= 11 is 6.02. The second kappa shape index (κ2) is 10.5. The molecule has 0 spiro atoms. The van der Waals surface area contributed by atoms with E-state index in [2.05, 4.69) is 5.32 Å². The number of halogens is 1. The van der Waals surface area contributed by atoms with Crippen LogP contribution in [0.3, 0.4) is 0 Å². The van der Waals surface area contributed by atoms with Gasteiger partial charge in [-0.25, -0.2) is 8.42 Å². The first kappa shape index (κ1) is 24.1. The van der Waals surface area contributed by atoms with E-state index in [1.807, 2.05) is 30.3 Å². The first-order valence-corrected chi connectivity index (χ1v) is 12.7. The minimum absolute atomic E-state index is 0.00664. The van der Waals surface area contributed by atoms with Crippen LogP contribution in [0.15, 0.2) is 59.5 Å². The molecule has 2 N–H and O–H groups in total. The summed E-state index contributed by atoms with van der Waals surface area (Å²) < 4.78 is 40.0. The van der Waals surface area contributed by atoms with Gasteiger partial charge in [0.25, 0.3) is 0 Å². The number of para-hydroxylation sites is 1. The summed E-state index contributed by atoms with van der Waals surface area (Å²) in [5.41, 5.74) is 0.707. The van der Waals surface area contributed by atoms with Crippen LogP contribution in [0.25, 0.3) is 0 Å². The second-order valence-electron chi connectivity index (χ2n) is 8.28. The molecule has 0 saturated carbocycles. The number of sulfonamides is 1. The Morgan fingerprint density at radius 3 is 2.67 bits per heavy atom. The third-order valence-electron chi connectivity index (χ3n) is 5.81. The Morgan fingerprint density at radius 1 is 1.12 bits per heavy atom. The normalized spacial score (nSPS) is 26.6. The largest absolute Gasteiger partial charge is 0.389 e. The van der Waals surface area contributed by atoms with E-state index in [9.17, 15) is 18.3 Å². The molecule has 2 heterocycles.